The number of rotatable bonds is 22. The first-order chi connectivity index (χ1) is 45.6. The first-order valence-electron chi connectivity index (χ1n) is 38.7. The van der Waals surface area contributed by atoms with Crippen LogP contribution in [0.25, 0.3) is 44.5 Å². The van der Waals surface area contributed by atoms with Gasteiger partial charge in [-0.1, -0.05) is 264 Å². The summed E-state index contributed by atoms with van der Waals surface area (Å²) in [6.45, 7) is 13.7. The first kappa shape index (κ1) is 70.2. The quantitative estimate of drug-likeness (QED) is 0.0594. The maximum absolute atomic E-state index is 15.0. The van der Waals surface area contributed by atoms with Crippen LogP contribution in [-0.2, 0) is 6.42 Å². The Balaban J connectivity index is 0.000000153. The van der Waals surface area contributed by atoms with Gasteiger partial charge in [0.05, 0.1) is 0 Å². The topological polar surface area (TPSA) is 0 Å². The van der Waals surface area contributed by atoms with Crippen molar-refractivity contribution >= 4 is 0 Å². The number of hydrogen-bond acceptors (Lipinski definition) is 0. The van der Waals surface area contributed by atoms with Gasteiger partial charge in [0.2, 0.25) is 0 Å². The predicted molar refractivity (Wildman–Crippen MR) is 398 cm³/mol. The Hall–Kier alpha value is -5.60. The number of unbranched alkanes of at least 4 members (excludes halogenated alkanes) is 2. The van der Waals surface area contributed by atoms with Crippen LogP contribution in [0.5, 0.6) is 0 Å². The Morgan fingerprint density at radius 2 is 0.548 bits per heavy atom. The van der Waals surface area contributed by atoms with E-state index in [9.17, 15) is 4.39 Å². The summed E-state index contributed by atoms with van der Waals surface area (Å²) in [5.41, 5.74) is 16.8. The van der Waals surface area contributed by atoms with Crippen molar-refractivity contribution in [2.45, 2.75) is 283 Å². The number of halogens is 2. The van der Waals surface area contributed by atoms with Crippen LogP contribution in [0.4, 0.5) is 8.78 Å². The lowest BCUT2D eigenvalue weighted by Gasteiger charge is -2.29. The van der Waals surface area contributed by atoms with Crippen molar-refractivity contribution in [2.75, 3.05) is 0 Å². The zero-order valence-corrected chi connectivity index (χ0v) is 58.9. The van der Waals surface area contributed by atoms with E-state index in [2.05, 4.69) is 163 Å². The van der Waals surface area contributed by atoms with Crippen molar-refractivity contribution in [3.8, 4) is 44.5 Å². The molecule has 0 atom stereocenters. The highest BCUT2D eigenvalue weighted by Crippen LogP contribution is 2.44. The van der Waals surface area contributed by atoms with Crippen molar-refractivity contribution in [1.82, 2.24) is 0 Å². The molecule has 0 bridgehead atoms. The molecule has 0 spiro atoms. The normalized spacial score (nSPS) is 24.0. The van der Waals surface area contributed by atoms with E-state index in [0.717, 1.165) is 94.1 Å². The third-order valence-electron chi connectivity index (χ3n) is 23.8. The van der Waals surface area contributed by atoms with Crippen molar-refractivity contribution < 1.29 is 8.78 Å². The van der Waals surface area contributed by atoms with Gasteiger partial charge in [-0.15, -0.1) is 0 Å². The summed E-state index contributed by atoms with van der Waals surface area (Å²) >= 11 is 0. The van der Waals surface area contributed by atoms with Gasteiger partial charge in [0.1, 0.15) is 11.6 Å². The monoisotopic (exact) mass is 1250 g/mol. The Bertz CT molecular complexity index is 3150. The molecule has 7 aromatic carbocycles. The minimum Gasteiger partial charge on any atom is -0.207 e. The SMILES string of the molecule is CCCC1CCC(c2ccc(-c3ccc(C4CCC(CCC)CC4)c(F)c3)cc2)CC1.CCCC1CCC(c2ccc(-c3ccc(C4CCC(CCC)CC4)cc3)cc2)CC1.CCCCCC1CCC(c2ccc(-c3ccc(-c4ccc(CC)cc4)c(F)c3)cc2)CC1. The molecule has 0 unspecified atom stereocenters. The summed E-state index contributed by atoms with van der Waals surface area (Å²) < 4.78 is 30.0. The van der Waals surface area contributed by atoms with Gasteiger partial charge in [-0.3, -0.25) is 0 Å². The van der Waals surface area contributed by atoms with Crippen LogP contribution < -0.4 is 0 Å². The van der Waals surface area contributed by atoms with E-state index in [0.29, 0.717) is 23.3 Å². The molecule has 7 aromatic rings. The van der Waals surface area contributed by atoms with E-state index in [-0.39, 0.29) is 11.6 Å². The van der Waals surface area contributed by atoms with E-state index in [1.165, 1.54) is 220 Å². The van der Waals surface area contributed by atoms with Crippen LogP contribution in [-0.4, -0.2) is 0 Å². The maximum atomic E-state index is 15.0. The van der Waals surface area contributed by atoms with Crippen molar-refractivity contribution in [1.29, 1.82) is 0 Å². The number of aryl methyl sites for hydroxylation is 1. The van der Waals surface area contributed by atoms with Crippen molar-refractivity contribution in [2.24, 2.45) is 29.6 Å². The van der Waals surface area contributed by atoms with Gasteiger partial charge in [-0.25, -0.2) is 8.78 Å². The minimum atomic E-state index is -0.155. The Morgan fingerprint density at radius 1 is 0.258 bits per heavy atom. The second-order valence-corrected chi connectivity index (χ2v) is 30.2. The smallest absolute Gasteiger partial charge is 0.131 e. The van der Waals surface area contributed by atoms with Crippen molar-refractivity contribution in [3.05, 3.63) is 203 Å². The number of benzene rings is 7. The van der Waals surface area contributed by atoms with Crippen LogP contribution in [0, 0.1) is 41.2 Å². The molecule has 0 heterocycles. The zero-order chi connectivity index (χ0) is 64.7. The molecular formula is C91H120F2. The fourth-order valence-electron chi connectivity index (χ4n) is 17.9. The molecule has 2 heteroatoms. The van der Waals surface area contributed by atoms with Crippen LogP contribution in [0.15, 0.2) is 158 Å². The van der Waals surface area contributed by atoms with Gasteiger partial charge in [0.25, 0.3) is 0 Å². The van der Waals surface area contributed by atoms with E-state index in [4.69, 9.17) is 0 Å². The molecule has 0 saturated heterocycles. The summed E-state index contributed by atoms with van der Waals surface area (Å²) in [6, 6.07) is 56.8. The van der Waals surface area contributed by atoms with E-state index < -0.39 is 0 Å². The van der Waals surface area contributed by atoms with Crippen molar-refractivity contribution in [3.63, 3.8) is 0 Å². The fourth-order valence-corrected chi connectivity index (χ4v) is 17.9. The molecule has 0 N–H and O–H groups in total. The molecule has 0 aliphatic heterocycles. The van der Waals surface area contributed by atoms with E-state index in [1.807, 2.05) is 24.3 Å². The number of hydrogen-bond donors (Lipinski definition) is 0. The van der Waals surface area contributed by atoms with Gasteiger partial charge in [-0.05, 0) is 278 Å². The highest BCUT2D eigenvalue weighted by molar-refractivity contribution is 5.72. The molecule has 5 fully saturated rings. The largest absolute Gasteiger partial charge is 0.207 e. The molecule has 93 heavy (non-hydrogen) atoms. The maximum Gasteiger partial charge on any atom is 0.131 e. The third kappa shape index (κ3) is 20.0. The Labute approximate surface area is 565 Å². The third-order valence-corrected chi connectivity index (χ3v) is 23.8. The van der Waals surface area contributed by atoms with Crippen LogP contribution in [0.1, 0.15) is 310 Å². The van der Waals surface area contributed by atoms with Gasteiger partial charge >= 0.3 is 0 Å². The lowest BCUT2D eigenvalue weighted by atomic mass is 9.76. The molecule has 0 radical (unpaired) electrons. The lowest BCUT2D eigenvalue weighted by Crippen LogP contribution is -2.14. The first-order valence-corrected chi connectivity index (χ1v) is 38.7. The highest BCUT2D eigenvalue weighted by Gasteiger charge is 2.28. The molecule has 0 amide bonds. The predicted octanol–water partition coefficient (Wildman–Crippen LogP) is 28.7. The molecule has 5 aliphatic rings. The molecule has 5 saturated carbocycles. The molecule has 12 rings (SSSR count). The molecule has 0 aromatic heterocycles. The average molecular weight is 1250 g/mol. The summed E-state index contributed by atoms with van der Waals surface area (Å²) in [6.07, 6.45) is 44.3. The highest BCUT2D eigenvalue weighted by atomic mass is 19.1. The van der Waals surface area contributed by atoms with Crippen LogP contribution in [0.3, 0.4) is 0 Å². The molecule has 498 valence electrons. The molecular weight excluding hydrogens is 1130 g/mol. The lowest BCUT2D eigenvalue weighted by molar-refractivity contribution is 0.303. The van der Waals surface area contributed by atoms with Gasteiger partial charge in [0.15, 0.2) is 0 Å². The second kappa shape index (κ2) is 36.5. The second-order valence-electron chi connectivity index (χ2n) is 30.2. The standard InChI is InChI=1S/C31H37F.C30H41F.C30H42/c1-3-5-6-7-24-10-12-25(13-11-24)26-16-18-27(19-17-26)29-20-21-30(31(32)22-29)28-14-8-23(4-2)9-15-28;1-3-5-22-7-11-24(12-8-22)25-15-17-26(18-16-25)28-19-20-29(30(31)21-28)27-13-9-23(6-4-2)10-14-27;1-3-5-23-7-11-25(12-8-23)27-15-19-29(20-16-27)30-21-17-28(18-22-30)26-13-9-24(6-4-2)10-14-26/h8-9,14-22,24-25H,3-7,10-13H2,1-2H3;15-24,27H,3-14H2,1-2H3;15-26H,3-14H2,1-2H3. The molecule has 5 aliphatic carbocycles. The Morgan fingerprint density at radius 3 is 0.860 bits per heavy atom. The van der Waals surface area contributed by atoms with E-state index in [1.54, 1.807) is 23.3 Å². The summed E-state index contributed by atoms with van der Waals surface area (Å²) in [5.74, 6) is 7.97. The van der Waals surface area contributed by atoms with Crippen LogP contribution in [0.2, 0.25) is 0 Å². The summed E-state index contributed by atoms with van der Waals surface area (Å²) in [5, 5.41) is 0. The van der Waals surface area contributed by atoms with Gasteiger partial charge in [0, 0.05) is 5.56 Å². The fraction of sp³-hybridized carbons (Fsp3) is 0.538. The van der Waals surface area contributed by atoms with Gasteiger partial charge < -0.3 is 0 Å². The molecule has 0 nitrogen and oxygen atoms in total. The Kier molecular flexibility index (Phi) is 27.6. The summed E-state index contributed by atoms with van der Waals surface area (Å²) in [7, 11) is 0. The summed E-state index contributed by atoms with van der Waals surface area (Å²) in [4.78, 5) is 0. The van der Waals surface area contributed by atoms with E-state index >= 15 is 4.39 Å². The van der Waals surface area contributed by atoms with Gasteiger partial charge in [-0.2, -0.15) is 0 Å². The average Bonchev–Trinajstić information content (AvgIpc) is 1.15. The minimum absolute atomic E-state index is 0.00485. The van der Waals surface area contributed by atoms with Crippen LogP contribution >= 0.6 is 0 Å². The zero-order valence-electron chi connectivity index (χ0n) is 58.9.